The van der Waals surface area contributed by atoms with E-state index in [0.29, 0.717) is 11.3 Å². The quantitative estimate of drug-likeness (QED) is 0.730. The van der Waals surface area contributed by atoms with Gasteiger partial charge in [-0.05, 0) is 29.3 Å². The fraction of sp³-hybridized carbons (Fsp3) is 0.143. The summed E-state index contributed by atoms with van der Waals surface area (Å²) in [6.45, 7) is 0.743. The molecule has 0 bridgehead atoms. The van der Waals surface area contributed by atoms with E-state index in [2.05, 4.69) is 22.4 Å². The van der Waals surface area contributed by atoms with Crippen molar-refractivity contribution in [2.24, 2.45) is 0 Å². The normalized spacial score (nSPS) is 10.4. The van der Waals surface area contributed by atoms with Crippen molar-refractivity contribution >= 4 is 17.4 Å². The van der Waals surface area contributed by atoms with E-state index in [4.69, 9.17) is 0 Å². The lowest BCUT2D eigenvalue weighted by molar-refractivity contribution is -0.115. The molecule has 0 aliphatic carbocycles. The lowest BCUT2D eigenvalue weighted by Gasteiger charge is -2.18. The number of carbonyl (C=O) groups excluding carboxylic acids is 1. The molecule has 1 amide bonds. The van der Waals surface area contributed by atoms with E-state index in [-0.39, 0.29) is 18.1 Å². The number of rotatable bonds is 6. The highest BCUT2D eigenvalue weighted by Crippen LogP contribution is 2.16. The highest BCUT2D eigenvalue weighted by atomic mass is 19.1. The van der Waals surface area contributed by atoms with Crippen molar-refractivity contribution in [2.45, 2.75) is 13.0 Å². The van der Waals surface area contributed by atoms with Gasteiger partial charge in [0.2, 0.25) is 5.91 Å². The number of pyridine rings is 1. The Kier molecular flexibility index (Phi) is 5.59. The number of nitrogens with one attached hydrogen (secondary N) is 1. The molecule has 0 saturated heterocycles. The van der Waals surface area contributed by atoms with Gasteiger partial charge in [-0.3, -0.25) is 4.79 Å². The molecule has 3 rings (SSSR count). The summed E-state index contributed by atoms with van der Waals surface area (Å²) in [5, 5.41) is 2.75. The van der Waals surface area contributed by atoms with Crippen LogP contribution < -0.4 is 10.2 Å². The summed E-state index contributed by atoms with van der Waals surface area (Å²) in [4.78, 5) is 18.5. The second-order valence-electron chi connectivity index (χ2n) is 6.06. The van der Waals surface area contributed by atoms with Crippen molar-refractivity contribution in [1.29, 1.82) is 0 Å². The number of aromatic nitrogens is 1. The first-order chi connectivity index (χ1) is 12.6. The maximum Gasteiger partial charge on any atom is 0.228 e. The molecule has 4 nitrogen and oxygen atoms in total. The third-order valence-corrected chi connectivity index (χ3v) is 3.99. The highest BCUT2D eigenvalue weighted by molar-refractivity contribution is 5.92. The van der Waals surface area contributed by atoms with Gasteiger partial charge < -0.3 is 10.2 Å². The summed E-state index contributed by atoms with van der Waals surface area (Å²) in [7, 11) is 1.96. The standard InChI is InChI=1S/C21H20FN3O/c1-25(15-16-7-3-2-4-8-16)20-12-11-18(14-23-20)24-21(26)13-17-9-5-6-10-19(17)22/h2-12,14H,13,15H2,1H3,(H,24,26). The third-order valence-electron chi connectivity index (χ3n) is 3.99. The zero-order valence-electron chi connectivity index (χ0n) is 14.5. The predicted octanol–water partition coefficient (Wildman–Crippen LogP) is 4.04. The van der Waals surface area contributed by atoms with Crippen molar-refractivity contribution in [1.82, 2.24) is 4.98 Å². The van der Waals surface area contributed by atoms with E-state index in [1.807, 2.05) is 36.2 Å². The smallest absolute Gasteiger partial charge is 0.228 e. The maximum atomic E-state index is 13.6. The Hall–Kier alpha value is -3.21. The number of nitrogens with zero attached hydrogens (tertiary/aromatic N) is 2. The van der Waals surface area contributed by atoms with E-state index in [1.165, 1.54) is 11.6 Å². The molecule has 132 valence electrons. The van der Waals surface area contributed by atoms with Crippen molar-refractivity contribution < 1.29 is 9.18 Å². The van der Waals surface area contributed by atoms with Crippen molar-refractivity contribution in [3.05, 3.63) is 89.9 Å². The fourth-order valence-electron chi connectivity index (χ4n) is 2.64. The second kappa shape index (κ2) is 8.25. The number of hydrogen-bond acceptors (Lipinski definition) is 3. The van der Waals surface area contributed by atoms with Crippen LogP contribution in [0.25, 0.3) is 0 Å². The largest absolute Gasteiger partial charge is 0.355 e. The van der Waals surface area contributed by atoms with Crippen LogP contribution in [-0.2, 0) is 17.8 Å². The summed E-state index contributed by atoms with van der Waals surface area (Å²) in [5.41, 5.74) is 2.15. The molecule has 1 N–H and O–H groups in total. The number of hydrogen-bond donors (Lipinski definition) is 1. The van der Waals surface area contributed by atoms with Gasteiger partial charge in [-0.25, -0.2) is 9.37 Å². The van der Waals surface area contributed by atoms with Crippen molar-refractivity contribution in [2.75, 3.05) is 17.3 Å². The van der Waals surface area contributed by atoms with E-state index in [1.54, 1.807) is 30.5 Å². The molecular formula is C21H20FN3O. The van der Waals surface area contributed by atoms with Crippen LogP contribution in [0.15, 0.2) is 72.9 Å². The van der Waals surface area contributed by atoms with Gasteiger partial charge in [-0.15, -0.1) is 0 Å². The molecular weight excluding hydrogens is 329 g/mol. The average molecular weight is 349 g/mol. The van der Waals surface area contributed by atoms with Gasteiger partial charge >= 0.3 is 0 Å². The number of amides is 1. The van der Waals surface area contributed by atoms with E-state index in [9.17, 15) is 9.18 Å². The molecule has 26 heavy (non-hydrogen) atoms. The van der Waals surface area contributed by atoms with Gasteiger partial charge in [0.1, 0.15) is 11.6 Å². The Morgan fingerprint density at radius 2 is 1.77 bits per heavy atom. The molecule has 0 atom stereocenters. The van der Waals surface area contributed by atoms with Gasteiger partial charge in [-0.1, -0.05) is 48.5 Å². The summed E-state index contributed by atoms with van der Waals surface area (Å²) < 4.78 is 13.6. The molecule has 0 saturated carbocycles. The zero-order chi connectivity index (χ0) is 18.4. The summed E-state index contributed by atoms with van der Waals surface area (Å²) in [6, 6.07) is 20.0. The predicted molar refractivity (Wildman–Crippen MR) is 102 cm³/mol. The SMILES string of the molecule is CN(Cc1ccccc1)c1ccc(NC(=O)Cc2ccccc2F)cn1. The first-order valence-electron chi connectivity index (χ1n) is 8.36. The minimum Gasteiger partial charge on any atom is -0.355 e. The van der Waals surface area contributed by atoms with E-state index >= 15 is 0 Å². The molecule has 1 heterocycles. The first-order valence-corrected chi connectivity index (χ1v) is 8.36. The lowest BCUT2D eigenvalue weighted by Crippen LogP contribution is -2.18. The van der Waals surface area contributed by atoms with Gasteiger partial charge in [0.15, 0.2) is 0 Å². The molecule has 0 unspecified atom stereocenters. The Morgan fingerprint density at radius 3 is 2.46 bits per heavy atom. The van der Waals surface area contributed by atoms with Gasteiger partial charge in [0.25, 0.3) is 0 Å². The molecule has 0 aliphatic heterocycles. The average Bonchev–Trinajstić information content (AvgIpc) is 2.65. The van der Waals surface area contributed by atoms with Crippen molar-refractivity contribution in [3.63, 3.8) is 0 Å². The van der Waals surface area contributed by atoms with Crippen LogP contribution in [0.5, 0.6) is 0 Å². The fourth-order valence-corrected chi connectivity index (χ4v) is 2.64. The minimum absolute atomic E-state index is 0.0116. The number of anilines is 2. The molecule has 0 radical (unpaired) electrons. The van der Waals surface area contributed by atoms with Crippen LogP contribution in [0, 0.1) is 5.82 Å². The Labute approximate surface area is 152 Å². The van der Waals surface area contributed by atoms with Crippen LogP contribution in [0.2, 0.25) is 0 Å². The molecule has 0 aliphatic rings. The monoisotopic (exact) mass is 349 g/mol. The summed E-state index contributed by atoms with van der Waals surface area (Å²) in [6.07, 6.45) is 1.60. The molecule has 2 aromatic carbocycles. The van der Waals surface area contributed by atoms with Crippen LogP contribution in [-0.4, -0.2) is 17.9 Å². The van der Waals surface area contributed by atoms with Crippen LogP contribution >= 0.6 is 0 Å². The van der Waals surface area contributed by atoms with Crippen LogP contribution in [0.4, 0.5) is 15.9 Å². The molecule has 5 heteroatoms. The second-order valence-corrected chi connectivity index (χ2v) is 6.06. The summed E-state index contributed by atoms with van der Waals surface area (Å²) >= 11 is 0. The maximum absolute atomic E-state index is 13.6. The van der Waals surface area contributed by atoms with Gasteiger partial charge in [0.05, 0.1) is 18.3 Å². The Bertz CT molecular complexity index is 866. The van der Waals surface area contributed by atoms with Gasteiger partial charge in [-0.2, -0.15) is 0 Å². The highest BCUT2D eigenvalue weighted by Gasteiger charge is 2.09. The topological polar surface area (TPSA) is 45.2 Å². The number of carbonyl (C=O) groups is 1. The van der Waals surface area contributed by atoms with Gasteiger partial charge in [0, 0.05) is 13.6 Å². The van der Waals surface area contributed by atoms with E-state index in [0.717, 1.165) is 12.4 Å². The summed E-state index contributed by atoms with van der Waals surface area (Å²) in [5.74, 6) is 0.155. The molecule has 1 aromatic heterocycles. The molecule has 0 spiro atoms. The number of benzene rings is 2. The molecule has 3 aromatic rings. The molecule has 0 fully saturated rings. The van der Waals surface area contributed by atoms with Crippen molar-refractivity contribution in [3.8, 4) is 0 Å². The van der Waals surface area contributed by atoms with Crippen LogP contribution in [0.1, 0.15) is 11.1 Å². The first kappa shape index (κ1) is 17.6. The van der Waals surface area contributed by atoms with E-state index < -0.39 is 0 Å². The Balaban J connectivity index is 1.59. The van der Waals surface area contributed by atoms with Crippen LogP contribution in [0.3, 0.4) is 0 Å². The Morgan fingerprint density at radius 1 is 1.04 bits per heavy atom. The zero-order valence-corrected chi connectivity index (χ0v) is 14.5. The third kappa shape index (κ3) is 4.66. The lowest BCUT2D eigenvalue weighted by atomic mass is 10.1. The minimum atomic E-state index is -0.376. The number of halogens is 1.